The Labute approximate surface area is 122 Å². The van der Waals surface area contributed by atoms with Crippen molar-refractivity contribution < 1.29 is 4.79 Å². The Bertz CT molecular complexity index is 436. The lowest BCUT2D eigenvalue weighted by Gasteiger charge is -2.26. The van der Waals surface area contributed by atoms with Crippen molar-refractivity contribution in [1.29, 1.82) is 0 Å². The second-order valence-corrected chi connectivity index (χ2v) is 6.38. The average Bonchev–Trinajstić information content (AvgIpc) is 2.41. The number of benzene rings is 1. The number of halogens is 2. The predicted molar refractivity (Wildman–Crippen MR) is 79.2 cm³/mol. The molecule has 0 unspecified atom stereocenters. The third kappa shape index (κ3) is 3.16. The number of Topliss-reactive ketones (excluding diaryl/α,β-unsaturated/α-hetero) is 1. The van der Waals surface area contributed by atoms with Gasteiger partial charge in [-0.2, -0.15) is 0 Å². The number of carbonyl (C=O) groups is 1. The third-order valence-corrected chi connectivity index (χ3v) is 5.23. The lowest BCUT2D eigenvalue weighted by atomic mass is 9.78. The minimum absolute atomic E-state index is 0.199. The molecule has 98 valence electrons. The van der Waals surface area contributed by atoms with E-state index >= 15 is 0 Å². The molecule has 0 saturated heterocycles. The van der Waals surface area contributed by atoms with Gasteiger partial charge < -0.3 is 0 Å². The van der Waals surface area contributed by atoms with Gasteiger partial charge in [0.1, 0.15) is 0 Å². The normalized spacial score (nSPS) is 23.9. The van der Waals surface area contributed by atoms with Crippen LogP contribution in [-0.2, 0) is 0 Å². The van der Waals surface area contributed by atoms with Crippen molar-refractivity contribution in [2.45, 2.75) is 39.0 Å². The van der Waals surface area contributed by atoms with Gasteiger partial charge in [-0.1, -0.05) is 31.0 Å². The molecule has 0 aromatic heterocycles. The molecule has 18 heavy (non-hydrogen) atoms. The molecule has 0 atom stereocenters. The molecule has 1 fully saturated rings. The molecule has 1 aliphatic carbocycles. The van der Waals surface area contributed by atoms with Gasteiger partial charge in [0.25, 0.3) is 0 Å². The monoisotopic (exact) mass is 328 g/mol. The zero-order valence-electron chi connectivity index (χ0n) is 10.6. The molecule has 1 aromatic rings. The zero-order chi connectivity index (χ0) is 13.1. The van der Waals surface area contributed by atoms with Crippen LogP contribution in [0.5, 0.6) is 0 Å². The van der Waals surface area contributed by atoms with Crippen LogP contribution in [0.2, 0.25) is 5.02 Å². The summed E-state index contributed by atoms with van der Waals surface area (Å²) in [5.41, 5.74) is 0.753. The maximum Gasteiger partial charge on any atom is 0.165 e. The molecule has 2 rings (SSSR count). The van der Waals surface area contributed by atoms with Crippen LogP contribution in [0.3, 0.4) is 0 Å². The fourth-order valence-electron chi connectivity index (χ4n) is 2.72. The Balaban J connectivity index is 2.05. The highest BCUT2D eigenvalue weighted by Gasteiger charge is 2.26. The number of hydrogen-bond donors (Lipinski definition) is 0. The van der Waals surface area contributed by atoms with E-state index in [2.05, 4.69) is 22.9 Å². The molecule has 0 bridgehead atoms. The Morgan fingerprint density at radius 3 is 2.56 bits per heavy atom. The van der Waals surface area contributed by atoms with Crippen LogP contribution >= 0.6 is 27.5 Å². The van der Waals surface area contributed by atoms with E-state index in [1.165, 1.54) is 19.3 Å². The van der Waals surface area contributed by atoms with Gasteiger partial charge in [0, 0.05) is 16.0 Å². The Hall–Kier alpha value is -0.340. The molecule has 0 spiro atoms. The third-order valence-electron chi connectivity index (χ3n) is 4.00. The van der Waals surface area contributed by atoms with Gasteiger partial charge in [-0.05, 0) is 59.7 Å². The van der Waals surface area contributed by atoms with Gasteiger partial charge in [-0.3, -0.25) is 4.79 Å². The molecule has 1 aliphatic rings. The first-order valence-corrected chi connectivity index (χ1v) is 7.78. The van der Waals surface area contributed by atoms with Crippen molar-refractivity contribution in [1.82, 2.24) is 0 Å². The summed E-state index contributed by atoms with van der Waals surface area (Å²) in [4.78, 5) is 12.4. The fourth-order valence-corrected chi connectivity index (χ4v) is 3.15. The summed E-state index contributed by atoms with van der Waals surface area (Å²) < 4.78 is 0.843. The summed E-state index contributed by atoms with van der Waals surface area (Å²) in [6.45, 7) is 2.24. The highest BCUT2D eigenvalue weighted by atomic mass is 79.9. The molecule has 0 aliphatic heterocycles. The van der Waals surface area contributed by atoms with Crippen molar-refractivity contribution in [3.05, 3.63) is 33.3 Å². The fraction of sp³-hybridized carbons (Fsp3) is 0.533. The van der Waals surface area contributed by atoms with Gasteiger partial charge in [0.2, 0.25) is 0 Å². The first-order valence-electron chi connectivity index (χ1n) is 6.61. The number of rotatable bonds is 3. The molecule has 3 heteroatoms. The van der Waals surface area contributed by atoms with E-state index in [4.69, 9.17) is 11.6 Å². The lowest BCUT2D eigenvalue weighted by molar-refractivity contribution is 0.0871. The van der Waals surface area contributed by atoms with E-state index in [1.54, 1.807) is 6.07 Å². The van der Waals surface area contributed by atoms with Crippen molar-refractivity contribution in [3.63, 3.8) is 0 Å². The van der Waals surface area contributed by atoms with E-state index in [-0.39, 0.29) is 11.7 Å². The zero-order valence-corrected chi connectivity index (χ0v) is 12.9. The molecular weight excluding hydrogens is 312 g/mol. The van der Waals surface area contributed by atoms with Gasteiger partial charge in [-0.15, -0.1) is 0 Å². The highest BCUT2D eigenvalue weighted by molar-refractivity contribution is 9.10. The van der Waals surface area contributed by atoms with Gasteiger partial charge >= 0.3 is 0 Å². The first-order chi connectivity index (χ1) is 8.61. The summed E-state index contributed by atoms with van der Waals surface area (Å²) in [5, 5.41) is 0.614. The van der Waals surface area contributed by atoms with E-state index in [9.17, 15) is 4.79 Å². The maximum atomic E-state index is 12.4. The van der Waals surface area contributed by atoms with Crippen LogP contribution in [0.15, 0.2) is 22.7 Å². The molecular formula is C15H18BrClO. The maximum absolute atomic E-state index is 12.4. The van der Waals surface area contributed by atoms with Crippen molar-refractivity contribution in [2.75, 3.05) is 0 Å². The molecule has 1 saturated carbocycles. The van der Waals surface area contributed by atoms with Crippen molar-refractivity contribution in [2.24, 2.45) is 11.8 Å². The molecule has 0 heterocycles. The minimum atomic E-state index is 0.199. The van der Waals surface area contributed by atoms with E-state index in [0.29, 0.717) is 5.02 Å². The van der Waals surface area contributed by atoms with E-state index in [1.807, 2.05) is 12.1 Å². The van der Waals surface area contributed by atoms with Gasteiger partial charge in [0.15, 0.2) is 5.78 Å². The molecule has 1 aromatic carbocycles. The van der Waals surface area contributed by atoms with Crippen LogP contribution in [0.1, 0.15) is 49.4 Å². The van der Waals surface area contributed by atoms with Crippen LogP contribution in [0, 0.1) is 11.8 Å². The van der Waals surface area contributed by atoms with Crippen molar-refractivity contribution >= 4 is 33.3 Å². The van der Waals surface area contributed by atoms with Gasteiger partial charge in [0.05, 0.1) is 5.02 Å². The summed E-state index contributed by atoms with van der Waals surface area (Å²) in [6, 6.07) is 5.50. The number of carbonyl (C=O) groups excluding carboxylic acids is 1. The smallest absolute Gasteiger partial charge is 0.165 e. The number of hydrogen-bond acceptors (Lipinski definition) is 1. The Morgan fingerprint density at radius 2 is 2.00 bits per heavy atom. The largest absolute Gasteiger partial charge is 0.294 e. The van der Waals surface area contributed by atoms with E-state index < -0.39 is 0 Å². The van der Waals surface area contributed by atoms with Crippen LogP contribution < -0.4 is 0 Å². The predicted octanol–water partition coefficient (Wildman–Crippen LogP) is 5.50. The standard InChI is InChI=1S/C15H18BrClO/c1-2-10-3-5-11(6-4-10)15(18)12-7-8-13(16)14(17)9-12/h7-11H,2-6H2,1H3. The SMILES string of the molecule is CCC1CCC(C(=O)c2ccc(Br)c(Cl)c2)CC1. The Morgan fingerprint density at radius 1 is 1.33 bits per heavy atom. The quantitative estimate of drug-likeness (QED) is 0.669. The molecule has 0 radical (unpaired) electrons. The minimum Gasteiger partial charge on any atom is -0.294 e. The summed E-state index contributed by atoms with van der Waals surface area (Å²) in [7, 11) is 0. The van der Waals surface area contributed by atoms with E-state index in [0.717, 1.165) is 28.8 Å². The van der Waals surface area contributed by atoms with Crippen LogP contribution in [0.25, 0.3) is 0 Å². The van der Waals surface area contributed by atoms with Crippen molar-refractivity contribution in [3.8, 4) is 0 Å². The number of ketones is 1. The Kier molecular flexibility index (Phi) is 4.85. The molecule has 0 N–H and O–H groups in total. The van der Waals surface area contributed by atoms with Gasteiger partial charge in [-0.25, -0.2) is 0 Å². The van der Waals surface area contributed by atoms with Crippen LogP contribution in [-0.4, -0.2) is 5.78 Å². The van der Waals surface area contributed by atoms with Crippen LogP contribution in [0.4, 0.5) is 0 Å². The molecule has 0 amide bonds. The average molecular weight is 330 g/mol. The lowest BCUT2D eigenvalue weighted by Crippen LogP contribution is -2.21. The summed E-state index contributed by atoms with van der Waals surface area (Å²) >= 11 is 9.39. The second-order valence-electron chi connectivity index (χ2n) is 5.12. The summed E-state index contributed by atoms with van der Waals surface area (Å²) in [5.74, 6) is 1.28. The first kappa shape index (κ1) is 14.1. The topological polar surface area (TPSA) is 17.1 Å². The second kappa shape index (κ2) is 6.21. The molecule has 1 nitrogen and oxygen atoms in total. The summed E-state index contributed by atoms with van der Waals surface area (Å²) in [6.07, 6.45) is 5.69. The highest BCUT2D eigenvalue weighted by Crippen LogP contribution is 2.33.